The van der Waals surface area contributed by atoms with Crippen LogP contribution in [-0.2, 0) is 0 Å². The second-order valence-corrected chi connectivity index (χ2v) is 0.996. The maximum Gasteiger partial charge on any atom is 0.487 e. The third kappa shape index (κ3) is 4.05. The zero-order chi connectivity index (χ0) is 7.00. The Morgan fingerprint density at radius 3 is 0.667 bits per heavy atom. The molecule has 0 heterocycles. The van der Waals surface area contributed by atoms with Gasteiger partial charge in [-0.25, -0.2) is 0 Å². The largest absolute Gasteiger partial charge is 0.487 e. The van der Waals surface area contributed by atoms with Gasteiger partial charge in [-0.2, -0.15) is 26.3 Å². The molecule has 51 valence electrons. The fourth-order valence-electron chi connectivity index (χ4n) is 0. The molecule has 0 amide bonds. The molecule has 0 bridgehead atoms. The summed E-state index contributed by atoms with van der Waals surface area (Å²) >= 11 is 0. The fourth-order valence-corrected chi connectivity index (χ4v) is 0. The minimum Gasteiger partial charge on any atom is -0.162 e. The predicted molar refractivity (Wildman–Crippen MR) is 17.9 cm³/mol. The molecule has 9 heavy (non-hydrogen) atoms. The molecule has 0 aromatic rings. The number of alkyl halides is 6. The summed E-state index contributed by atoms with van der Waals surface area (Å²) in [6, 6.07) is 0. The summed E-state index contributed by atoms with van der Waals surface area (Å²) in [6.07, 6.45) is -12.1. The van der Waals surface area contributed by atoms with Crippen molar-refractivity contribution in [2.75, 3.05) is 0 Å². The Kier molecular flexibility index (Phi) is 4.25. The first-order valence-electron chi connectivity index (χ1n) is 1.38. The third-order valence-corrected chi connectivity index (χ3v) is 0.321. The third-order valence-electron chi connectivity index (χ3n) is 0.321. The molecule has 0 aliphatic rings. The van der Waals surface area contributed by atoms with Crippen molar-refractivity contribution in [3.05, 3.63) is 0 Å². The molecule has 0 saturated carbocycles. The van der Waals surface area contributed by atoms with E-state index in [1.165, 1.54) is 0 Å². The van der Waals surface area contributed by atoms with Crippen molar-refractivity contribution in [1.29, 1.82) is 0 Å². The monoisotopic (exact) mass is 161 g/mol. The van der Waals surface area contributed by atoms with Gasteiger partial charge < -0.3 is 0 Å². The van der Waals surface area contributed by atoms with Gasteiger partial charge in [-0.15, -0.1) is 0 Å². The topological polar surface area (TPSA) is 0 Å². The quantitative estimate of drug-likeness (QED) is 0.375. The maximum absolute atomic E-state index is 10.4. The van der Waals surface area contributed by atoms with Gasteiger partial charge in [0.15, 0.2) is 0 Å². The van der Waals surface area contributed by atoms with Crippen LogP contribution in [0.15, 0.2) is 0 Å². The van der Waals surface area contributed by atoms with Crippen molar-refractivity contribution < 1.29 is 26.3 Å². The molecule has 0 unspecified atom stereocenters. The van der Waals surface area contributed by atoms with Gasteiger partial charge in [0.05, 0.1) is 0 Å². The van der Waals surface area contributed by atoms with E-state index in [-0.39, 0.29) is 29.6 Å². The van der Waals surface area contributed by atoms with Gasteiger partial charge in [0, 0.05) is 29.6 Å². The van der Waals surface area contributed by atoms with E-state index in [9.17, 15) is 26.3 Å². The normalized spacial score (nSPS) is 12.7. The molecule has 0 N–H and O–H groups in total. The van der Waals surface area contributed by atoms with Crippen LogP contribution in [0.4, 0.5) is 26.3 Å². The first-order chi connectivity index (χ1) is 3.25. The van der Waals surface area contributed by atoms with Crippen LogP contribution >= 0.6 is 0 Å². The Labute approximate surface area is 68.5 Å². The Bertz CT molecular complexity index is 66.0. The molecular weight excluding hydrogens is 161 g/mol. The minimum atomic E-state index is -6.06. The fraction of sp³-hybridized carbons (Fsp3) is 1.00. The molecule has 0 aliphatic heterocycles. The molecular formula is C2F6Na. The molecule has 0 aromatic carbocycles. The van der Waals surface area contributed by atoms with Crippen LogP contribution in [0.1, 0.15) is 0 Å². The first-order valence-corrected chi connectivity index (χ1v) is 1.38. The van der Waals surface area contributed by atoms with E-state index >= 15 is 0 Å². The van der Waals surface area contributed by atoms with Crippen LogP contribution in [0.2, 0.25) is 0 Å². The minimum absolute atomic E-state index is 0. The summed E-state index contributed by atoms with van der Waals surface area (Å²) in [5.74, 6) is 0. The van der Waals surface area contributed by atoms with Crippen molar-refractivity contribution in [3.8, 4) is 0 Å². The van der Waals surface area contributed by atoms with E-state index in [4.69, 9.17) is 0 Å². The predicted octanol–water partition coefficient (Wildman–Crippen LogP) is 1.73. The van der Waals surface area contributed by atoms with Gasteiger partial charge in [0.1, 0.15) is 0 Å². The summed E-state index contributed by atoms with van der Waals surface area (Å²) in [5.41, 5.74) is 0. The van der Waals surface area contributed by atoms with Crippen LogP contribution in [0, 0.1) is 0 Å². The van der Waals surface area contributed by atoms with Gasteiger partial charge in [0.25, 0.3) is 0 Å². The molecule has 0 fully saturated rings. The SMILES string of the molecule is FC(F)(F)C(F)(F)F.[Na]. The molecule has 0 nitrogen and oxygen atoms in total. The van der Waals surface area contributed by atoms with E-state index in [1.807, 2.05) is 0 Å². The average molecular weight is 161 g/mol. The van der Waals surface area contributed by atoms with Gasteiger partial charge in [0.2, 0.25) is 0 Å². The smallest absolute Gasteiger partial charge is 0.162 e. The zero-order valence-corrected chi connectivity index (χ0v) is 6.27. The van der Waals surface area contributed by atoms with Crippen molar-refractivity contribution in [3.63, 3.8) is 0 Å². The number of hydrogen-bond donors (Lipinski definition) is 0. The molecule has 0 atom stereocenters. The van der Waals surface area contributed by atoms with Gasteiger partial charge in [-0.05, 0) is 0 Å². The van der Waals surface area contributed by atoms with Gasteiger partial charge in [-0.1, -0.05) is 0 Å². The van der Waals surface area contributed by atoms with Crippen LogP contribution < -0.4 is 0 Å². The van der Waals surface area contributed by atoms with Crippen molar-refractivity contribution >= 4 is 29.6 Å². The van der Waals surface area contributed by atoms with E-state index < -0.39 is 12.4 Å². The first kappa shape index (κ1) is 12.3. The summed E-state index contributed by atoms with van der Waals surface area (Å²) in [5, 5.41) is 0. The van der Waals surface area contributed by atoms with Crippen LogP contribution in [0.25, 0.3) is 0 Å². The van der Waals surface area contributed by atoms with Crippen molar-refractivity contribution in [2.24, 2.45) is 0 Å². The molecule has 0 spiro atoms. The Hall–Kier alpha value is 0.580. The summed E-state index contributed by atoms with van der Waals surface area (Å²) in [7, 11) is 0. The molecule has 7 heteroatoms. The maximum atomic E-state index is 10.4. The van der Waals surface area contributed by atoms with Crippen molar-refractivity contribution in [1.82, 2.24) is 0 Å². The number of hydrogen-bond acceptors (Lipinski definition) is 0. The van der Waals surface area contributed by atoms with Crippen LogP contribution in [0.5, 0.6) is 0 Å². The van der Waals surface area contributed by atoms with Crippen LogP contribution in [-0.4, -0.2) is 41.9 Å². The Balaban J connectivity index is 0. The van der Waals surface area contributed by atoms with E-state index in [0.29, 0.717) is 0 Å². The second-order valence-electron chi connectivity index (χ2n) is 0.996. The summed E-state index contributed by atoms with van der Waals surface area (Å²) in [4.78, 5) is 0. The number of halogens is 6. The van der Waals surface area contributed by atoms with Crippen molar-refractivity contribution in [2.45, 2.75) is 12.4 Å². The van der Waals surface area contributed by atoms with Gasteiger partial charge in [-0.3, -0.25) is 0 Å². The molecule has 0 rings (SSSR count). The summed E-state index contributed by atoms with van der Waals surface area (Å²) < 4.78 is 62.6. The van der Waals surface area contributed by atoms with E-state index in [1.54, 1.807) is 0 Å². The second kappa shape index (κ2) is 3.12. The molecule has 0 aromatic heterocycles. The molecule has 0 saturated heterocycles. The average Bonchev–Trinajstić information content (AvgIpc) is 1.25. The van der Waals surface area contributed by atoms with Crippen LogP contribution in [0.3, 0.4) is 0 Å². The standard InChI is InChI=1S/C2F6.Na/c3-1(4,5)2(6,7)8;. The van der Waals surface area contributed by atoms with E-state index in [0.717, 1.165) is 0 Å². The zero-order valence-electron chi connectivity index (χ0n) is 4.27. The Morgan fingerprint density at radius 1 is 0.556 bits per heavy atom. The molecule has 0 aliphatic carbocycles. The molecule has 1 radical (unpaired) electrons. The van der Waals surface area contributed by atoms with E-state index in [2.05, 4.69) is 0 Å². The van der Waals surface area contributed by atoms with Gasteiger partial charge >= 0.3 is 12.4 Å². The number of rotatable bonds is 0. The summed E-state index contributed by atoms with van der Waals surface area (Å²) in [6.45, 7) is 0. The Morgan fingerprint density at radius 2 is 0.667 bits per heavy atom.